The Morgan fingerprint density at radius 1 is 0.676 bits per heavy atom. The van der Waals surface area contributed by atoms with E-state index in [1.54, 1.807) is 0 Å². The van der Waals surface area contributed by atoms with Crippen LogP contribution in [0, 0.1) is 106 Å². The quantitative estimate of drug-likeness (QED) is 0.496. The number of hydrogen-bond donors (Lipinski definition) is 0. The van der Waals surface area contributed by atoms with Crippen molar-refractivity contribution < 1.29 is 24.5 Å². The molecule has 13 rings (SSSR count). The van der Waals surface area contributed by atoms with Crippen LogP contribution in [0.4, 0.5) is 8.78 Å². The molecule has 0 spiro atoms. The summed E-state index contributed by atoms with van der Waals surface area (Å²) in [5.74, 6) is 1.13. The average Bonchev–Trinajstić information content (AvgIpc) is 2.78. The first-order chi connectivity index (χ1) is 16.2. The van der Waals surface area contributed by atoms with Gasteiger partial charge in [0.2, 0.25) is 0 Å². The third-order valence-electron chi connectivity index (χ3n) is 13.7. The van der Waals surface area contributed by atoms with Gasteiger partial charge in [-0.2, -0.15) is 0 Å². The Bertz CT molecular complexity index is 1190. The molecule has 12 fully saturated rings. The van der Waals surface area contributed by atoms with Crippen LogP contribution < -0.4 is 0 Å². The van der Waals surface area contributed by atoms with Gasteiger partial charge < -0.3 is 0 Å². The van der Waals surface area contributed by atoms with Crippen molar-refractivity contribution in [2.24, 2.45) is 81.8 Å². The first kappa shape index (κ1) is 18.1. The first-order valence-electron chi connectivity index (χ1n) is 12.8. The van der Waals surface area contributed by atoms with Crippen molar-refractivity contribution in [1.82, 2.24) is 0 Å². The molecule has 0 bridgehead atoms. The van der Waals surface area contributed by atoms with E-state index < -0.39 is 42.8 Å². The van der Waals surface area contributed by atoms with Gasteiger partial charge in [0.05, 0.1) is 0 Å². The molecule has 1 aromatic carbocycles. The molecule has 0 N–H and O–H groups in total. The number of benzene rings is 1. The van der Waals surface area contributed by atoms with E-state index in [0.717, 1.165) is 20.3 Å². The summed E-state index contributed by atoms with van der Waals surface area (Å²) in [6.45, 7) is 6.02. The second-order valence-corrected chi connectivity index (χ2v) is 16.7. The number of rotatable bonds is 5. The molecule has 0 heterocycles. The van der Waals surface area contributed by atoms with Gasteiger partial charge in [-0.05, 0) is 0 Å². The minimum absolute atomic E-state index is 0.0897. The summed E-state index contributed by atoms with van der Waals surface area (Å²) in [6, 6.07) is 4.12. The normalized spacial score (nSPS) is 66.4. The molecule has 0 saturated heterocycles. The van der Waals surface area contributed by atoms with Gasteiger partial charge in [-0.25, -0.2) is 0 Å². The summed E-state index contributed by atoms with van der Waals surface area (Å²) in [7, 11) is 0. The van der Waals surface area contributed by atoms with E-state index in [0.29, 0.717) is 0 Å². The standard InChI is InChI=1S/C27H23F2IO4/c1-6-4-7(2)21(8(3)5-6)30(33-22(31)24-9-15-10(24)17-11(24)16(9)26(15,17)28)34-23(32)25-12-18-13(25)20-14(25)19(12)27(18,20)29/h4-5,9-20H,1-3H3. The Hall–Kier alpha value is -1.25. The zero-order valence-corrected chi connectivity index (χ0v) is 21.0. The Kier molecular flexibility index (Phi) is 2.27. The third-order valence-corrected chi connectivity index (χ3v) is 17.9. The molecule has 7 heteroatoms. The number of carbonyl (C=O) groups is 2. The van der Waals surface area contributed by atoms with Crippen LogP contribution in [-0.2, 0) is 15.7 Å². The van der Waals surface area contributed by atoms with Gasteiger partial charge in [0.25, 0.3) is 0 Å². The summed E-state index contributed by atoms with van der Waals surface area (Å²) in [5.41, 5.74) is 0.287. The molecule has 0 aliphatic heterocycles. The molecule has 0 radical (unpaired) electrons. The molecule has 12 aliphatic carbocycles. The van der Waals surface area contributed by atoms with Gasteiger partial charge in [-0.15, -0.1) is 0 Å². The molecule has 0 amide bonds. The van der Waals surface area contributed by atoms with E-state index >= 15 is 0 Å². The number of halogens is 3. The fourth-order valence-corrected chi connectivity index (χ4v) is 17.1. The van der Waals surface area contributed by atoms with Crippen molar-refractivity contribution >= 4 is 32.6 Å². The number of hydrogen-bond acceptors (Lipinski definition) is 4. The Labute approximate surface area is 203 Å². The van der Waals surface area contributed by atoms with Gasteiger partial charge in [0, 0.05) is 0 Å². The van der Waals surface area contributed by atoms with Crippen LogP contribution in [0.3, 0.4) is 0 Å². The van der Waals surface area contributed by atoms with Gasteiger partial charge in [-0.3, -0.25) is 0 Å². The van der Waals surface area contributed by atoms with Crippen LogP contribution in [0.2, 0.25) is 0 Å². The molecule has 0 atom stereocenters. The van der Waals surface area contributed by atoms with Crippen molar-refractivity contribution in [2.45, 2.75) is 32.1 Å². The number of alkyl halides is 2. The van der Waals surface area contributed by atoms with E-state index in [1.165, 1.54) is 0 Å². The number of carbonyl (C=O) groups excluding carboxylic acids is 2. The fourth-order valence-electron chi connectivity index (χ4n) is 13.4. The predicted molar refractivity (Wildman–Crippen MR) is 120 cm³/mol. The second kappa shape index (κ2) is 4.28. The average molecular weight is 576 g/mol. The van der Waals surface area contributed by atoms with Crippen LogP contribution in [0.25, 0.3) is 0 Å². The molecule has 0 aromatic heterocycles. The molecule has 176 valence electrons. The Morgan fingerprint density at radius 3 is 1.32 bits per heavy atom. The summed E-state index contributed by atoms with van der Waals surface area (Å²) >= 11 is -3.11. The molecule has 12 saturated carbocycles. The van der Waals surface area contributed by atoms with E-state index in [1.807, 2.05) is 20.8 Å². The zero-order valence-electron chi connectivity index (χ0n) is 18.8. The van der Waals surface area contributed by atoms with E-state index in [2.05, 4.69) is 12.1 Å². The van der Waals surface area contributed by atoms with Crippen LogP contribution in [0.5, 0.6) is 0 Å². The van der Waals surface area contributed by atoms with Crippen molar-refractivity contribution in [3.63, 3.8) is 0 Å². The van der Waals surface area contributed by atoms with E-state index in [9.17, 15) is 18.4 Å². The molecule has 34 heavy (non-hydrogen) atoms. The zero-order chi connectivity index (χ0) is 22.8. The van der Waals surface area contributed by atoms with Gasteiger partial charge >= 0.3 is 203 Å². The summed E-state index contributed by atoms with van der Waals surface area (Å²) < 4.78 is 43.0. The molecule has 12 aliphatic rings. The van der Waals surface area contributed by atoms with Gasteiger partial charge in [0.1, 0.15) is 0 Å². The third kappa shape index (κ3) is 1.08. The van der Waals surface area contributed by atoms with Gasteiger partial charge in [-0.1, -0.05) is 0 Å². The SMILES string of the molecule is Cc1cc(C)c(I(OC(=O)C23C4C5C2C2C3C4C52F)OC(=O)C23C4C5C2C2C3C4C52F)c(C)c1. The van der Waals surface area contributed by atoms with Crippen LogP contribution in [0.15, 0.2) is 12.1 Å². The first-order valence-corrected chi connectivity index (χ1v) is 15.7. The van der Waals surface area contributed by atoms with E-state index in [-0.39, 0.29) is 83.0 Å². The second-order valence-electron chi connectivity index (χ2n) is 13.5. The van der Waals surface area contributed by atoms with Crippen molar-refractivity contribution in [1.29, 1.82) is 0 Å². The summed E-state index contributed by atoms with van der Waals surface area (Å²) in [5, 5.41) is 0. The number of aryl methyl sites for hydroxylation is 3. The van der Waals surface area contributed by atoms with E-state index in [4.69, 9.17) is 6.13 Å². The molecular formula is C27H23F2IO4. The molecular weight excluding hydrogens is 553 g/mol. The molecule has 1 aromatic rings. The van der Waals surface area contributed by atoms with Gasteiger partial charge in [0.15, 0.2) is 0 Å². The Morgan fingerprint density at radius 2 is 1.00 bits per heavy atom. The van der Waals surface area contributed by atoms with Crippen LogP contribution in [-0.4, -0.2) is 23.3 Å². The predicted octanol–water partition coefficient (Wildman–Crippen LogP) is 4.12. The monoisotopic (exact) mass is 576 g/mol. The topological polar surface area (TPSA) is 52.6 Å². The van der Waals surface area contributed by atoms with Crippen molar-refractivity contribution in [2.75, 3.05) is 0 Å². The van der Waals surface area contributed by atoms with Crippen molar-refractivity contribution in [3.8, 4) is 0 Å². The maximum atomic E-state index is 14.8. The molecule has 0 unspecified atom stereocenters. The van der Waals surface area contributed by atoms with Crippen molar-refractivity contribution in [3.05, 3.63) is 32.4 Å². The van der Waals surface area contributed by atoms with Crippen LogP contribution >= 0.6 is 20.6 Å². The summed E-state index contributed by atoms with van der Waals surface area (Å²) in [6.07, 6.45) is 0. The fraction of sp³-hybridized carbons (Fsp3) is 0.704. The summed E-state index contributed by atoms with van der Waals surface area (Å²) in [4.78, 5) is 27.3. The molecule has 4 nitrogen and oxygen atoms in total. The van der Waals surface area contributed by atoms with Crippen LogP contribution in [0.1, 0.15) is 16.7 Å². The minimum atomic E-state index is -3.11. The maximum absolute atomic E-state index is 14.8. The Balaban J connectivity index is 0.937.